The second kappa shape index (κ2) is 8.75. The number of nitrogens with zero attached hydrogens (tertiary/aromatic N) is 4. The Labute approximate surface area is 189 Å². The number of aliphatic hydroxyl groups is 1. The summed E-state index contributed by atoms with van der Waals surface area (Å²) in [5, 5.41) is 18.3. The number of rotatable bonds is 5. The van der Waals surface area contributed by atoms with E-state index in [-0.39, 0.29) is 18.2 Å². The van der Waals surface area contributed by atoms with Crippen molar-refractivity contribution in [2.45, 2.75) is 64.1 Å². The zero-order valence-electron chi connectivity index (χ0n) is 18.6. The molecule has 0 spiro atoms. The molecule has 3 aromatic rings. The van der Waals surface area contributed by atoms with E-state index in [0.29, 0.717) is 25.1 Å². The monoisotopic (exact) mass is 461 g/mol. The molecule has 0 bridgehead atoms. The largest absolute Gasteiger partial charge is 0.433 e. The fourth-order valence-corrected chi connectivity index (χ4v) is 4.40. The maximum Gasteiger partial charge on any atom is 0.433 e. The van der Waals surface area contributed by atoms with Gasteiger partial charge in [0.2, 0.25) is 5.95 Å². The SMILES string of the molecule is Cc1cc(Nc2nccc(C(F)(F)F)n2)cc(-c2cnn(C[C@]3(O)C[C@@H](C)O[C@@H](C)C3)c2)c1. The molecule has 1 aliphatic heterocycles. The van der Waals surface area contributed by atoms with Crippen molar-refractivity contribution in [1.29, 1.82) is 0 Å². The van der Waals surface area contributed by atoms with Crippen LogP contribution in [-0.4, -0.2) is 42.7 Å². The van der Waals surface area contributed by atoms with E-state index < -0.39 is 17.5 Å². The topological polar surface area (TPSA) is 85.1 Å². The lowest BCUT2D eigenvalue weighted by Gasteiger charge is -2.39. The molecule has 10 heteroatoms. The predicted molar refractivity (Wildman–Crippen MR) is 117 cm³/mol. The third-order valence-electron chi connectivity index (χ3n) is 5.50. The van der Waals surface area contributed by atoms with Crippen LogP contribution in [0.3, 0.4) is 0 Å². The molecule has 1 saturated heterocycles. The summed E-state index contributed by atoms with van der Waals surface area (Å²) in [5.74, 6) is -0.137. The average Bonchev–Trinajstić information content (AvgIpc) is 3.13. The highest BCUT2D eigenvalue weighted by Crippen LogP contribution is 2.32. The van der Waals surface area contributed by atoms with Gasteiger partial charge in [-0.15, -0.1) is 0 Å². The number of nitrogens with one attached hydrogen (secondary N) is 1. The third kappa shape index (κ3) is 5.69. The Kier molecular flexibility index (Phi) is 6.15. The van der Waals surface area contributed by atoms with Crippen LogP contribution < -0.4 is 5.32 Å². The molecule has 3 heterocycles. The average molecular weight is 461 g/mol. The van der Waals surface area contributed by atoms with Crippen molar-refractivity contribution in [1.82, 2.24) is 19.7 Å². The normalized spacial score (nSPS) is 23.5. The first-order valence-electron chi connectivity index (χ1n) is 10.7. The molecule has 1 aliphatic rings. The summed E-state index contributed by atoms with van der Waals surface area (Å²) in [5.41, 5.74) is 1.20. The van der Waals surface area contributed by atoms with Gasteiger partial charge in [-0.05, 0) is 50.1 Å². The maximum atomic E-state index is 12.9. The Balaban J connectivity index is 1.54. The summed E-state index contributed by atoms with van der Waals surface area (Å²) in [4.78, 5) is 7.45. The van der Waals surface area contributed by atoms with Crippen molar-refractivity contribution in [2.75, 3.05) is 5.32 Å². The van der Waals surface area contributed by atoms with Crippen LogP contribution in [0.15, 0.2) is 42.9 Å². The number of alkyl halides is 3. The highest BCUT2D eigenvalue weighted by Gasteiger charge is 2.37. The van der Waals surface area contributed by atoms with E-state index in [4.69, 9.17) is 4.74 Å². The number of aryl methyl sites for hydroxylation is 1. The first kappa shape index (κ1) is 23.2. The molecular formula is C23H26F3N5O2. The summed E-state index contributed by atoms with van der Waals surface area (Å²) < 4.78 is 46.3. The van der Waals surface area contributed by atoms with Gasteiger partial charge in [0.15, 0.2) is 0 Å². The second-order valence-corrected chi connectivity index (χ2v) is 8.79. The molecule has 2 aromatic heterocycles. The minimum absolute atomic E-state index is 0.0303. The van der Waals surface area contributed by atoms with Crippen molar-refractivity contribution in [3.8, 4) is 11.1 Å². The Morgan fingerprint density at radius 2 is 1.91 bits per heavy atom. The molecule has 3 atom stereocenters. The molecule has 4 rings (SSSR count). The molecule has 2 N–H and O–H groups in total. The van der Waals surface area contributed by atoms with Crippen LogP contribution in [0.4, 0.5) is 24.8 Å². The summed E-state index contributed by atoms with van der Waals surface area (Å²) in [6.07, 6.45) is 1.08. The van der Waals surface area contributed by atoms with E-state index in [0.717, 1.165) is 29.0 Å². The van der Waals surface area contributed by atoms with Crippen LogP contribution in [0.25, 0.3) is 11.1 Å². The number of ether oxygens (including phenoxy) is 1. The lowest BCUT2D eigenvalue weighted by molar-refractivity contribution is -0.141. The smallest absolute Gasteiger partial charge is 0.388 e. The van der Waals surface area contributed by atoms with Gasteiger partial charge in [0.05, 0.1) is 30.6 Å². The predicted octanol–water partition coefficient (Wildman–Crippen LogP) is 4.73. The molecular weight excluding hydrogens is 435 g/mol. The van der Waals surface area contributed by atoms with Crippen molar-refractivity contribution in [2.24, 2.45) is 0 Å². The molecule has 7 nitrogen and oxygen atoms in total. The van der Waals surface area contributed by atoms with Crippen molar-refractivity contribution >= 4 is 11.6 Å². The van der Waals surface area contributed by atoms with Crippen LogP contribution in [0, 0.1) is 6.92 Å². The fourth-order valence-electron chi connectivity index (χ4n) is 4.40. The van der Waals surface area contributed by atoms with Gasteiger partial charge in [-0.3, -0.25) is 4.68 Å². The standard InChI is InChI=1S/C23H26F3N5O2/c1-14-6-17(8-19(7-14)29-21-27-5-4-20(30-21)23(24,25)26)18-11-28-31(12-18)13-22(32)9-15(2)33-16(3)10-22/h4-8,11-12,15-16,32H,9-10,13H2,1-3H3,(H,27,29,30)/t15-,16+,22+. The van der Waals surface area contributed by atoms with Gasteiger partial charge in [-0.25, -0.2) is 9.97 Å². The minimum atomic E-state index is -4.55. The van der Waals surface area contributed by atoms with Crippen molar-refractivity contribution in [3.05, 3.63) is 54.1 Å². The Hall–Kier alpha value is -2.98. The number of hydrogen-bond donors (Lipinski definition) is 2. The van der Waals surface area contributed by atoms with Crippen molar-refractivity contribution < 1.29 is 23.0 Å². The van der Waals surface area contributed by atoms with Crippen LogP contribution >= 0.6 is 0 Å². The summed E-state index contributed by atoms with van der Waals surface area (Å²) in [6, 6.07) is 6.37. The molecule has 0 unspecified atom stereocenters. The quantitative estimate of drug-likeness (QED) is 0.572. The fraction of sp³-hybridized carbons (Fsp3) is 0.435. The van der Waals surface area contributed by atoms with Crippen LogP contribution in [0.1, 0.15) is 37.9 Å². The zero-order valence-corrected chi connectivity index (χ0v) is 18.6. The molecule has 0 amide bonds. The van der Waals surface area contributed by atoms with Gasteiger partial charge >= 0.3 is 6.18 Å². The Bertz CT molecular complexity index is 1120. The highest BCUT2D eigenvalue weighted by atomic mass is 19.4. The van der Waals surface area contributed by atoms with E-state index in [1.165, 1.54) is 0 Å². The number of halogens is 3. The first-order valence-corrected chi connectivity index (χ1v) is 10.7. The third-order valence-corrected chi connectivity index (χ3v) is 5.50. The van der Waals surface area contributed by atoms with Crippen molar-refractivity contribution in [3.63, 3.8) is 0 Å². The van der Waals surface area contributed by atoms with Crippen LogP contribution in [0.2, 0.25) is 0 Å². The highest BCUT2D eigenvalue weighted by molar-refractivity contribution is 5.70. The molecule has 0 aliphatic carbocycles. The van der Waals surface area contributed by atoms with E-state index in [1.54, 1.807) is 23.0 Å². The number of aromatic nitrogens is 4. The second-order valence-electron chi connectivity index (χ2n) is 8.79. The van der Waals surface area contributed by atoms with Gasteiger partial charge in [0.25, 0.3) is 0 Å². The maximum absolute atomic E-state index is 12.9. The van der Waals surface area contributed by atoms with E-state index >= 15 is 0 Å². The number of hydrogen-bond acceptors (Lipinski definition) is 6. The lowest BCUT2D eigenvalue weighted by Crippen LogP contribution is -2.46. The zero-order chi connectivity index (χ0) is 23.8. The Morgan fingerprint density at radius 1 is 1.18 bits per heavy atom. The first-order chi connectivity index (χ1) is 15.5. The minimum Gasteiger partial charge on any atom is -0.388 e. The van der Waals surface area contributed by atoms with Crippen LogP contribution in [0.5, 0.6) is 0 Å². The van der Waals surface area contributed by atoms with E-state index in [9.17, 15) is 18.3 Å². The Morgan fingerprint density at radius 3 is 2.61 bits per heavy atom. The van der Waals surface area contributed by atoms with E-state index in [1.807, 2.05) is 33.0 Å². The number of anilines is 2. The summed E-state index contributed by atoms with van der Waals surface area (Å²) in [6.45, 7) is 6.13. The van der Waals surface area contributed by atoms with Gasteiger partial charge in [-0.2, -0.15) is 18.3 Å². The molecule has 0 saturated carbocycles. The van der Waals surface area contributed by atoms with Gasteiger partial charge in [0, 0.05) is 36.5 Å². The molecule has 1 aromatic carbocycles. The van der Waals surface area contributed by atoms with Crippen LogP contribution in [-0.2, 0) is 17.5 Å². The number of benzene rings is 1. The summed E-state index contributed by atoms with van der Waals surface area (Å²) >= 11 is 0. The lowest BCUT2D eigenvalue weighted by atomic mass is 9.87. The van der Waals surface area contributed by atoms with Gasteiger partial charge in [-0.1, -0.05) is 6.07 Å². The van der Waals surface area contributed by atoms with Gasteiger partial charge < -0.3 is 15.2 Å². The molecule has 33 heavy (non-hydrogen) atoms. The molecule has 0 radical (unpaired) electrons. The van der Waals surface area contributed by atoms with Gasteiger partial charge in [0.1, 0.15) is 5.69 Å². The molecule has 176 valence electrons. The summed E-state index contributed by atoms with van der Waals surface area (Å²) in [7, 11) is 0. The van der Waals surface area contributed by atoms with E-state index in [2.05, 4.69) is 20.4 Å². The molecule has 1 fully saturated rings.